The second kappa shape index (κ2) is 10.8. The fourth-order valence-corrected chi connectivity index (χ4v) is 5.56. The minimum absolute atomic E-state index is 0.126. The van der Waals surface area contributed by atoms with Crippen molar-refractivity contribution >= 4 is 33.5 Å². The average molecular weight is 488 g/mol. The normalized spacial score (nSPS) is 17.1. The summed E-state index contributed by atoms with van der Waals surface area (Å²) in [5.74, 6) is -1.38. The van der Waals surface area contributed by atoms with E-state index in [0.29, 0.717) is 18.5 Å². The predicted molar refractivity (Wildman–Crippen MR) is 126 cm³/mol. The summed E-state index contributed by atoms with van der Waals surface area (Å²) in [6.45, 7) is 3.49. The number of anilines is 1. The van der Waals surface area contributed by atoms with Gasteiger partial charge in [-0.25, -0.2) is 13.2 Å². The second-order valence-electron chi connectivity index (χ2n) is 8.25. The van der Waals surface area contributed by atoms with Crippen molar-refractivity contribution in [1.29, 1.82) is 0 Å². The molecule has 1 heterocycles. The maximum atomic E-state index is 13.2. The van der Waals surface area contributed by atoms with Crippen molar-refractivity contribution in [1.82, 2.24) is 9.62 Å². The van der Waals surface area contributed by atoms with E-state index in [4.69, 9.17) is 4.74 Å². The first-order chi connectivity index (χ1) is 16.1. The highest BCUT2D eigenvalue weighted by atomic mass is 32.2. The van der Waals surface area contributed by atoms with Crippen LogP contribution >= 0.6 is 0 Å². The van der Waals surface area contributed by atoms with Crippen LogP contribution in [-0.2, 0) is 35.6 Å². The molecule has 2 amide bonds. The van der Waals surface area contributed by atoms with Gasteiger partial charge in [0.25, 0.3) is 0 Å². The number of ether oxygens (including phenoxy) is 1. The highest BCUT2D eigenvalue weighted by molar-refractivity contribution is 7.89. The fraction of sp³-hybridized carbons (Fsp3) is 0.375. The van der Waals surface area contributed by atoms with Crippen LogP contribution in [0.4, 0.5) is 5.69 Å². The van der Waals surface area contributed by atoms with Gasteiger partial charge < -0.3 is 15.4 Å². The van der Waals surface area contributed by atoms with Gasteiger partial charge in [0.15, 0.2) is 0 Å². The quantitative estimate of drug-likeness (QED) is 0.550. The van der Waals surface area contributed by atoms with Crippen molar-refractivity contribution in [3.8, 4) is 0 Å². The van der Waals surface area contributed by atoms with Gasteiger partial charge >= 0.3 is 5.97 Å². The van der Waals surface area contributed by atoms with Crippen LogP contribution in [0, 0.1) is 6.92 Å². The first kappa shape index (κ1) is 25.4. The van der Waals surface area contributed by atoms with Crippen LogP contribution < -0.4 is 10.6 Å². The van der Waals surface area contributed by atoms with Gasteiger partial charge in [0, 0.05) is 25.6 Å². The summed E-state index contributed by atoms with van der Waals surface area (Å²) in [5.41, 5.74) is 2.28. The highest BCUT2D eigenvalue weighted by Gasteiger charge is 2.40. The van der Waals surface area contributed by atoms with Gasteiger partial charge in [0.1, 0.15) is 12.1 Å². The Morgan fingerprint density at radius 1 is 1.09 bits per heavy atom. The van der Waals surface area contributed by atoms with Gasteiger partial charge in [-0.1, -0.05) is 29.8 Å². The average Bonchev–Trinajstić information content (AvgIpc) is 3.30. The zero-order valence-electron chi connectivity index (χ0n) is 19.4. The Labute approximate surface area is 199 Å². The van der Waals surface area contributed by atoms with E-state index in [9.17, 15) is 22.8 Å². The Morgan fingerprint density at radius 2 is 1.74 bits per heavy atom. The minimum Gasteiger partial charge on any atom is -0.467 e. The maximum absolute atomic E-state index is 13.2. The number of nitrogens with zero attached hydrogens (tertiary/aromatic N) is 1. The molecule has 0 unspecified atom stereocenters. The van der Waals surface area contributed by atoms with Crippen molar-refractivity contribution in [2.45, 2.75) is 50.1 Å². The summed E-state index contributed by atoms with van der Waals surface area (Å²) in [6.07, 6.45) is 1.04. The highest BCUT2D eigenvalue weighted by Crippen LogP contribution is 2.26. The molecule has 9 nitrogen and oxygen atoms in total. The van der Waals surface area contributed by atoms with E-state index in [1.807, 2.05) is 6.92 Å². The van der Waals surface area contributed by atoms with E-state index in [1.54, 1.807) is 36.4 Å². The molecular weight excluding hydrogens is 458 g/mol. The van der Waals surface area contributed by atoms with Crippen LogP contribution in [0.25, 0.3) is 0 Å². The molecule has 1 aliphatic heterocycles. The number of benzene rings is 2. The van der Waals surface area contributed by atoms with Crippen LogP contribution in [0.3, 0.4) is 0 Å². The molecule has 0 aromatic heterocycles. The molecule has 10 heteroatoms. The molecular formula is C24H29N3O6S. The number of methoxy groups -OCH3 is 1. The van der Waals surface area contributed by atoms with E-state index in [1.165, 1.54) is 30.5 Å². The Morgan fingerprint density at radius 3 is 2.32 bits per heavy atom. The molecule has 1 saturated heterocycles. The number of hydrogen-bond acceptors (Lipinski definition) is 6. The smallest absolute Gasteiger partial charge is 0.328 e. The Balaban J connectivity index is 1.75. The van der Waals surface area contributed by atoms with Crippen molar-refractivity contribution in [2.24, 2.45) is 0 Å². The molecule has 0 saturated carbocycles. The third kappa shape index (κ3) is 6.00. The fourth-order valence-electron chi connectivity index (χ4n) is 3.90. The Kier molecular flexibility index (Phi) is 8.06. The van der Waals surface area contributed by atoms with Crippen LogP contribution in [0.5, 0.6) is 0 Å². The molecule has 2 aromatic carbocycles. The lowest BCUT2D eigenvalue weighted by Gasteiger charge is -2.25. The van der Waals surface area contributed by atoms with Gasteiger partial charge in [-0.3, -0.25) is 9.59 Å². The molecule has 2 aromatic rings. The first-order valence-electron chi connectivity index (χ1n) is 10.9. The first-order valence-corrected chi connectivity index (χ1v) is 12.4. The third-order valence-corrected chi connectivity index (χ3v) is 7.57. The third-order valence-electron chi connectivity index (χ3n) is 5.65. The number of sulfonamides is 1. The number of rotatable bonds is 8. The monoisotopic (exact) mass is 487 g/mol. The predicted octanol–water partition coefficient (Wildman–Crippen LogP) is 2.01. The molecule has 1 aliphatic rings. The number of hydrogen-bond donors (Lipinski definition) is 2. The van der Waals surface area contributed by atoms with E-state index in [2.05, 4.69) is 10.6 Å². The van der Waals surface area contributed by atoms with Gasteiger partial charge in [0.2, 0.25) is 21.8 Å². The zero-order chi connectivity index (χ0) is 24.9. The lowest BCUT2D eigenvalue weighted by molar-refractivity contribution is -0.145. The van der Waals surface area contributed by atoms with Gasteiger partial charge in [-0.2, -0.15) is 4.31 Å². The maximum Gasteiger partial charge on any atom is 0.328 e. The van der Waals surface area contributed by atoms with E-state index in [0.717, 1.165) is 11.1 Å². The number of amides is 2. The standard InChI is InChI=1S/C24H29N3O6S/c1-16-6-12-20(13-7-16)34(31,32)27-14-4-5-22(27)23(29)26-21(24(30)33-3)15-18-8-10-19(11-9-18)25-17(2)28/h6-13,21-22H,4-5,14-15H2,1-3H3,(H,25,28)(H,26,29)/t21-,22-/m0/s1. The van der Waals surface area contributed by atoms with Gasteiger partial charge in [0.05, 0.1) is 12.0 Å². The SMILES string of the molecule is COC(=O)[C@H](Cc1ccc(NC(C)=O)cc1)NC(=O)[C@@H]1CCCN1S(=O)(=O)c1ccc(C)cc1. The lowest BCUT2D eigenvalue weighted by Crippen LogP contribution is -2.51. The Hall–Kier alpha value is -3.24. The van der Waals surface area contributed by atoms with E-state index >= 15 is 0 Å². The number of carbonyl (C=O) groups is 3. The van der Waals surface area contributed by atoms with Crippen LogP contribution in [0.15, 0.2) is 53.4 Å². The lowest BCUT2D eigenvalue weighted by atomic mass is 10.0. The van der Waals surface area contributed by atoms with Gasteiger partial charge in [-0.05, 0) is 49.6 Å². The minimum atomic E-state index is -3.86. The molecule has 0 spiro atoms. The molecule has 34 heavy (non-hydrogen) atoms. The molecule has 2 N–H and O–H groups in total. The summed E-state index contributed by atoms with van der Waals surface area (Å²) in [7, 11) is -2.64. The van der Waals surface area contributed by atoms with Crippen LogP contribution in [0.2, 0.25) is 0 Å². The number of nitrogens with one attached hydrogen (secondary N) is 2. The molecule has 3 rings (SSSR count). The van der Waals surface area contributed by atoms with Crippen molar-refractivity contribution in [3.05, 3.63) is 59.7 Å². The topological polar surface area (TPSA) is 122 Å². The zero-order valence-corrected chi connectivity index (χ0v) is 20.2. The summed E-state index contributed by atoms with van der Waals surface area (Å²) >= 11 is 0. The molecule has 0 radical (unpaired) electrons. The van der Waals surface area contributed by atoms with E-state index in [-0.39, 0.29) is 23.8 Å². The summed E-state index contributed by atoms with van der Waals surface area (Å²) in [5, 5.41) is 5.34. The van der Waals surface area contributed by atoms with Crippen LogP contribution in [0.1, 0.15) is 30.9 Å². The molecule has 182 valence electrons. The summed E-state index contributed by atoms with van der Waals surface area (Å²) < 4.78 is 32.4. The number of carbonyl (C=O) groups excluding carboxylic acids is 3. The van der Waals surface area contributed by atoms with Crippen molar-refractivity contribution in [3.63, 3.8) is 0 Å². The largest absolute Gasteiger partial charge is 0.467 e. The summed E-state index contributed by atoms with van der Waals surface area (Å²) in [6, 6.07) is 11.4. The van der Waals surface area contributed by atoms with Crippen LogP contribution in [-0.4, -0.2) is 56.2 Å². The van der Waals surface area contributed by atoms with Gasteiger partial charge in [-0.15, -0.1) is 0 Å². The number of aryl methyl sites for hydroxylation is 1. The number of esters is 1. The molecule has 2 atom stereocenters. The van der Waals surface area contributed by atoms with E-state index < -0.39 is 34.0 Å². The molecule has 1 fully saturated rings. The van der Waals surface area contributed by atoms with Crippen molar-refractivity contribution < 1.29 is 27.5 Å². The van der Waals surface area contributed by atoms with Crippen molar-refractivity contribution in [2.75, 3.05) is 19.0 Å². The Bertz CT molecular complexity index is 1150. The molecule has 0 bridgehead atoms. The second-order valence-corrected chi connectivity index (χ2v) is 10.1. The summed E-state index contributed by atoms with van der Waals surface area (Å²) in [4.78, 5) is 36.8. The molecule has 0 aliphatic carbocycles.